The second-order valence-electron chi connectivity index (χ2n) is 3.73. The van der Waals surface area contributed by atoms with Gasteiger partial charge in [0.2, 0.25) is 0 Å². The molecular formula is C12H18O6. The van der Waals surface area contributed by atoms with Gasteiger partial charge in [0.25, 0.3) is 0 Å². The van der Waals surface area contributed by atoms with Crippen LogP contribution in [0.3, 0.4) is 0 Å². The average molecular weight is 258 g/mol. The average Bonchev–Trinajstić information content (AvgIpc) is 2.43. The number of rotatable bonds is 5. The van der Waals surface area contributed by atoms with Crippen LogP contribution >= 0.6 is 0 Å². The Balaban J connectivity index is 2.48. The van der Waals surface area contributed by atoms with Crippen LogP contribution in [0.2, 0.25) is 0 Å². The molecule has 0 aromatic heterocycles. The van der Waals surface area contributed by atoms with E-state index in [2.05, 4.69) is 9.47 Å². The maximum absolute atomic E-state index is 11.3. The Kier molecular flexibility index (Phi) is 6.38. The number of hydrogen-bond donors (Lipinski definition) is 0. The molecule has 0 radical (unpaired) electrons. The van der Waals surface area contributed by atoms with Gasteiger partial charge >= 0.3 is 11.9 Å². The van der Waals surface area contributed by atoms with Crippen LogP contribution in [0.4, 0.5) is 0 Å². The van der Waals surface area contributed by atoms with Gasteiger partial charge in [-0.1, -0.05) is 0 Å². The normalized spacial score (nSPS) is 18.9. The topological polar surface area (TPSA) is 71.1 Å². The molecule has 1 heterocycles. The first-order valence-electron chi connectivity index (χ1n) is 5.79. The maximum atomic E-state index is 11.3. The Morgan fingerprint density at radius 3 is 2.39 bits per heavy atom. The van der Waals surface area contributed by atoms with Gasteiger partial charge in [0.15, 0.2) is 6.29 Å². The van der Waals surface area contributed by atoms with Gasteiger partial charge in [-0.2, -0.15) is 0 Å². The Hall–Kier alpha value is -1.40. The first-order chi connectivity index (χ1) is 8.69. The molecule has 6 heteroatoms. The molecule has 1 rings (SSSR count). The molecule has 0 aromatic carbocycles. The summed E-state index contributed by atoms with van der Waals surface area (Å²) in [6.07, 6.45) is 3.97. The maximum Gasteiger partial charge on any atom is 0.345 e. The van der Waals surface area contributed by atoms with Crippen LogP contribution < -0.4 is 0 Å². The Morgan fingerprint density at radius 1 is 1.22 bits per heavy atom. The number of carbonyl (C=O) groups is 2. The number of carbonyl (C=O) groups excluding carboxylic acids is 2. The van der Waals surface area contributed by atoms with Crippen molar-refractivity contribution in [3.63, 3.8) is 0 Å². The minimum atomic E-state index is -0.741. The highest BCUT2D eigenvalue weighted by molar-refractivity contribution is 6.13. The second kappa shape index (κ2) is 7.84. The fourth-order valence-electron chi connectivity index (χ4n) is 1.55. The van der Waals surface area contributed by atoms with E-state index in [0.29, 0.717) is 6.61 Å². The molecule has 0 amide bonds. The molecular weight excluding hydrogens is 240 g/mol. The van der Waals surface area contributed by atoms with Crippen molar-refractivity contribution in [1.82, 2.24) is 0 Å². The third-order valence-corrected chi connectivity index (χ3v) is 2.52. The summed E-state index contributed by atoms with van der Waals surface area (Å²) in [7, 11) is 2.40. The van der Waals surface area contributed by atoms with Crippen molar-refractivity contribution in [1.29, 1.82) is 0 Å². The van der Waals surface area contributed by atoms with E-state index in [1.165, 1.54) is 20.3 Å². The molecule has 1 fully saturated rings. The van der Waals surface area contributed by atoms with Gasteiger partial charge < -0.3 is 18.9 Å². The molecule has 1 aliphatic rings. The summed E-state index contributed by atoms with van der Waals surface area (Å²) in [4.78, 5) is 22.6. The van der Waals surface area contributed by atoms with Crippen LogP contribution in [0, 0.1) is 0 Å². The molecule has 0 bridgehead atoms. The predicted molar refractivity (Wildman–Crippen MR) is 61.7 cm³/mol. The fourth-order valence-corrected chi connectivity index (χ4v) is 1.55. The van der Waals surface area contributed by atoms with Crippen LogP contribution in [0.15, 0.2) is 11.6 Å². The van der Waals surface area contributed by atoms with Crippen LogP contribution in [-0.4, -0.2) is 45.7 Å². The predicted octanol–water partition coefficient (Wildman–Crippen LogP) is 0.802. The van der Waals surface area contributed by atoms with Crippen LogP contribution in [0.5, 0.6) is 0 Å². The van der Waals surface area contributed by atoms with Gasteiger partial charge in [-0.25, -0.2) is 9.59 Å². The number of ether oxygens (including phenoxy) is 4. The van der Waals surface area contributed by atoms with Crippen LogP contribution in [0.25, 0.3) is 0 Å². The lowest BCUT2D eigenvalue weighted by Gasteiger charge is -2.22. The van der Waals surface area contributed by atoms with Gasteiger partial charge in [-0.05, 0) is 25.3 Å². The van der Waals surface area contributed by atoms with Gasteiger partial charge in [-0.3, -0.25) is 0 Å². The summed E-state index contributed by atoms with van der Waals surface area (Å²) < 4.78 is 19.7. The quantitative estimate of drug-likeness (QED) is 0.314. The molecule has 102 valence electrons. The Bertz CT molecular complexity index is 299. The van der Waals surface area contributed by atoms with E-state index in [9.17, 15) is 9.59 Å². The van der Waals surface area contributed by atoms with E-state index in [4.69, 9.17) is 9.47 Å². The van der Waals surface area contributed by atoms with Crippen molar-refractivity contribution in [2.45, 2.75) is 25.6 Å². The smallest absolute Gasteiger partial charge is 0.345 e. The molecule has 1 atom stereocenters. The largest absolute Gasteiger partial charge is 0.465 e. The first kappa shape index (κ1) is 14.7. The fraction of sp³-hybridized carbons (Fsp3) is 0.667. The molecule has 6 nitrogen and oxygen atoms in total. The minimum absolute atomic E-state index is 0.101. The number of methoxy groups -OCH3 is 2. The van der Waals surface area contributed by atoms with Crippen molar-refractivity contribution in [3.05, 3.63) is 11.6 Å². The van der Waals surface area contributed by atoms with E-state index < -0.39 is 11.9 Å². The minimum Gasteiger partial charge on any atom is -0.465 e. The summed E-state index contributed by atoms with van der Waals surface area (Å²) in [5.41, 5.74) is -0.171. The zero-order chi connectivity index (χ0) is 13.4. The van der Waals surface area contributed by atoms with Gasteiger partial charge in [0, 0.05) is 6.61 Å². The third-order valence-electron chi connectivity index (χ3n) is 2.52. The SMILES string of the molecule is COC(=O)C(=CCOC1CCCCO1)C(=O)OC. The van der Waals surface area contributed by atoms with Crippen molar-refractivity contribution in [3.8, 4) is 0 Å². The third kappa shape index (κ3) is 4.46. The van der Waals surface area contributed by atoms with Gasteiger partial charge in [-0.15, -0.1) is 0 Å². The Labute approximate surface area is 106 Å². The van der Waals surface area contributed by atoms with E-state index in [1.807, 2.05) is 0 Å². The molecule has 0 aliphatic carbocycles. The lowest BCUT2D eigenvalue weighted by atomic mass is 10.2. The van der Waals surface area contributed by atoms with Crippen molar-refractivity contribution in [2.24, 2.45) is 0 Å². The first-order valence-corrected chi connectivity index (χ1v) is 5.79. The lowest BCUT2D eigenvalue weighted by Crippen LogP contribution is -2.23. The monoisotopic (exact) mass is 258 g/mol. The summed E-state index contributed by atoms with van der Waals surface area (Å²) in [6.45, 7) is 0.777. The zero-order valence-electron chi connectivity index (χ0n) is 10.6. The highest BCUT2D eigenvalue weighted by Crippen LogP contribution is 2.13. The van der Waals surface area contributed by atoms with Crippen molar-refractivity contribution < 1.29 is 28.5 Å². The lowest BCUT2D eigenvalue weighted by molar-refractivity contribution is -0.156. The molecule has 0 N–H and O–H groups in total. The highest BCUT2D eigenvalue weighted by Gasteiger charge is 2.20. The molecule has 0 saturated carbocycles. The highest BCUT2D eigenvalue weighted by atomic mass is 16.7. The zero-order valence-corrected chi connectivity index (χ0v) is 10.6. The molecule has 1 aliphatic heterocycles. The van der Waals surface area contributed by atoms with E-state index in [0.717, 1.165) is 19.3 Å². The standard InChI is InChI=1S/C12H18O6/c1-15-11(13)9(12(14)16-2)6-8-18-10-5-3-4-7-17-10/h6,10H,3-5,7-8H2,1-2H3. The molecule has 18 heavy (non-hydrogen) atoms. The van der Waals surface area contributed by atoms with E-state index in [-0.39, 0.29) is 18.5 Å². The summed E-state index contributed by atoms with van der Waals surface area (Å²) in [5, 5.41) is 0. The Morgan fingerprint density at radius 2 is 1.89 bits per heavy atom. The molecule has 0 aromatic rings. The van der Waals surface area contributed by atoms with Gasteiger partial charge in [0.1, 0.15) is 5.57 Å². The van der Waals surface area contributed by atoms with Crippen LogP contribution in [-0.2, 0) is 28.5 Å². The molecule has 1 saturated heterocycles. The van der Waals surface area contributed by atoms with Crippen LogP contribution in [0.1, 0.15) is 19.3 Å². The van der Waals surface area contributed by atoms with Gasteiger partial charge in [0.05, 0.1) is 20.8 Å². The molecule has 1 unspecified atom stereocenters. The van der Waals surface area contributed by atoms with Crippen molar-refractivity contribution in [2.75, 3.05) is 27.4 Å². The number of esters is 2. The molecule has 0 spiro atoms. The van der Waals surface area contributed by atoms with Crippen molar-refractivity contribution >= 4 is 11.9 Å². The number of hydrogen-bond acceptors (Lipinski definition) is 6. The van der Waals surface area contributed by atoms with E-state index in [1.54, 1.807) is 0 Å². The second-order valence-corrected chi connectivity index (χ2v) is 3.73. The summed E-state index contributed by atoms with van der Waals surface area (Å²) >= 11 is 0. The summed E-state index contributed by atoms with van der Waals surface area (Å²) in [5.74, 6) is -1.48. The summed E-state index contributed by atoms with van der Waals surface area (Å²) in [6, 6.07) is 0. The van der Waals surface area contributed by atoms with E-state index >= 15 is 0 Å².